The lowest BCUT2D eigenvalue weighted by atomic mass is 9.84. The van der Waals surface area contributed by atoms with E-state index in [1.165, 1.54) is 0 Å². The molecule has 2 heteroatoms. The maximum absolute atomic E-state index is 7.25. The molecule has 0 saturated carbocycles. The lowest BCUT2D eigenvalue weighted by Gasteiger charge is -2.22. The fourth-order valence-corrected chi connectivity index (χ4v) is 1.65. The van der Waals surface area contributed by atoms with Crippen molar-refractivity contribution < 1.29 is 4.74 Å². The van der Waals surface area contributed by atoms with Gasteiger partial charge in [-0.3, -0.25) is 0 Å². The average Bonchev–Trinajstić information content (AvgIpc) is 2.15. The van der Waals surface area contributed by atoms with Gasteiger partial charge in [-0.1, -0.05) is 26.8 Å². The first kappa shape index (κ1) is 11.6. The molecule has 2 nitrogen and oxygen atoms in total. The molecule has 0 atom stereocenters. The first-order chi connectivity index (χ1) is 6.91. The maximum Gasteiger partial charge on any atom is 0.197 e. The minimum Gasteiger partial charge on any atom is -0.498 e. The van der Waals surface area contributed by atoms with Crippen LogP contribution in [0, 0.1) is 13.5 Å². The van der Waals surface area contributed by atoms with Crippen LogP contribution in [0.15, 0.2) is 12.1 Å². The average molecular weight is 203 g/mol. The van der Waals surface area contributed by atoms with Gasteiger partial charge in [0, 0.05) is 0 Å². The molecule has 0 heterocycles. The Balaban J connectivity index is 3.47. The summed E-state index contributed by atoms with van der Waals surface area (Å²) in [5.41, 5.74) is 2.73. The zero-order valence-electron chi connectivity index (χ0n) is 10.0. The fraction of sp³-hybridized carbons (Fsp3) is 0.462. The van der Waals surface area contributed by atoms with Gasteiger partial charge < -0.3 is 4.74 Å². The van der Waals surface area contributed by atoms with E-state index in [0.717, 1.165) is 22.6 Å². The number of benzene rings is 1. The summed E-state index contributed by atoms with van der Waals surface area (Å²) >= 11 is 0. The van der Waals surface area contributed by atoms with Gasteiger partial charge in [-0.2, -0.15) is 0 Å². The molecule has 0 radical (unpaired) electrons. The van der Waals surface area contributed by atoms with Gasteiger partial charge in [-0.05, 0) is 29.5 Å². The third kappa shape index (κ3) is 2.12. The molecule has 0 unspecified atom stereocenters. The largest absolute Gasteiger partial charge is 0.498 e. The molecule has 0 amide bonds. The molecule has 0 aliphatic rings. The molecule has 0 aliphatic carbocycles. The Bertz CT molecular complexity index is 408. The van der Waals surface area contributed by atoms with Gasteiger partial charge in [0.25, 0.3) is 0 Å². The van der Waals surface area contributed by atoms with Crippen LogP contribution in [0.1, 0.15) is 31.9 Å². The van der Waals surface area contributed by atoms with Gasteiger partial charge in [0.1, 0.15) is 5.75 Å². The Labute approximate surface area is 91.7 Å². The van der Waals surface area contributed by atoms with Gasteiger partial charge in [-0.15, -0.1) is 0 Å². The summed E-state index contributed by atoms with van der Waals surface area (Å²) in [7, 11) is 1.63. The minimum atomic E-state index is -0.00306. The first-order valence-corrected chi connectivity index (χ1v) is 4.97. The van der Waals surface area contributed by atoms with Crippen molar-refractivity contribution in [3.8, 4) is 5.75 Å². The zero-order valence-corrected chi connectivity index (χ0v) is 10.0. The monoisotopic (exact) mass is 203 g/mol. The third-order valence-corrected chi connectivity index (χ3v) is 2.52. The highest BCUT2D eigenvalue weighted by molar-refractivity contribution is 5.65. The SMILES string of the molecule is [C-]#[N+]c1c(C(C)(C)C)ccc(OC)c1C. The van der Waals surface area contributed by atoms with Crippen LogP contribution >= 0.6 is 0 Å². The van der Waals surface area contributed by atoms with E-state index in [-0.39, 0.29) is 5.41 Å². The van der Waals surface area contributed by atoms with Crippen molar-refractivity contribution in [3.63, 3.8) is 0 Å². The highest BCUT2D eigenvalue weighted by atomic mass is 16.5. The van der Waals surface area contributed by atoms with Crippen LogP contribution in [0.25, 0.3) is 4.85 Å². The molecule has 1 rings (SSSR count). The molecular weight excluding hydrogens is 186 g/mol. The predicted octanol–water partition coefficient (Wildman–Crippen LogP) is 3.85. The van der Waals surface area contributed by atoms with Gasteiger partial charge in [-0.25, -0.2) is 4.85 Å². The second kappa shape index (κ2) is 3.94. The van der Waals surface area contributed by atoms with Crippen LogP contribution in [0.2, 0.25) is 0 Å². The van der Waals surface area contributed by atoms with Gasteiger partial charge >= 0.3 is 0 Å². The van der Waals surface area contributed by atoms with Crippen LogP contribution in [0.3, 0.4) is 0 Å². The van der Waals surface area contributed by atoms with Crippen molar-refractivity contribution in [2.45, 2.75) is 33.1 Å². The lowest BCUT2D eigenvalue weighted by molar-refractivity contribution is 0.411. The first-order valence-electron chi connectivity index (χ1n) is 4.97. The zero-order chi connectivity index (χ0) is 11.6. The summed E-state index contributed by atoms with van der Waals surface area (Å²) in [6, 6.07) is 3.92. The second-order valence-electron chi connectivity index (χ2n) is 4.65. The van der Waals surface area contributed by atoms with Gasteiger partial charge in [0.05, 0.1) is 13.7 Å². The number of rotatable bonds is 1. The van der Waals surface area contributed by atoms with E-state index < -0.39 is 0 Å². The molecule has 0 spiro atoms. The van der Waals surface area contributed by atoms with Crippen LogP contribution in [0.4, 0.5) is 5.69 Å². The van der Waals surface area contributed by atoms with E-state index in [1.54, 1.807) is 7.11 Å². The molecule has 1 aromatic carbocycles. The Hall–Kier alpha value is -1.49. The highest BCUT2D eigenvalue weighted by Crippen LogP contribution is 2.38. The Morgan fingerprint density at radius 3 is 2.27 bits per heavy atom. The Kier molecular flexibility index (Phi) is 3.04. The molecule has 15 heavy (non-hydrogen) atoms. The van der Waals surface area contributed by atoms with Crippen molar-refractivity contribution in [1.82, 2.24) is 0 Å². The van der Waals surface area contributed by atoms with E-state index in [2.05, 4.69) is 25.6 Å². The van der Waals surface area contributed by atoms with Crippen molar-refractivity contribution in [1.29, 1.82) is 0 Å². The summed E-state index contributed by atoms with van der Waals surface area (Å²) < 4.78 is 5.21. The number of methoxy groups -OCH3 is 1. The number of nitrogens with zero attached hydrogens (tertiary/aromatic N) is 1. The van der Waals surface area contributed by atoms with E-state index in [4.69, 9.17) is 11.3 Å². The smallest absolute Gasteiger partial charge is 0.197 e. The molecule has 0 N–H and O–H groups in total. The van der Waals surface area contributed by atoms with Crippen molar-refractivity contribution in [2.24, 2.45) is 0 Å². The second-order valence-corrected chi connectivity index (χ2v) is 4.65. The number of ether oxygens (including phenoxy) is 1. The van der Waals surface area contributed by atoms with Crippen LogP contribution < -0.4 is 4.74 Å². The standard InChI is InChI=1S/C13H17NO/c1-9-11(15-6)8-7-10(12(9)14-5)13(2,3)4/h7-8H,1-4,6H3. The van der Waals surface area contributed by atoms with Gasteiger partial charge in [0.2, 0.25) is 0 Å². The van der Waals surface area contributed by atoms with E-state index >= 15 is 0 Å². The summed E-state index contributed by atoms with van der Waals surface area (Å²) in [6.45, 7) is 15.5. The molecule has 0 aliphatic heterocycles. The molecular formula is C13H17NO. The fourth-order valence-electron chi connectivity index (χ4n) is 1.65. The Morgan fingerprint density at radius 2 is 1.87 bits per heavy atom. The third-order valence-electron chi connectivity index (χ3n) is 2.52. The Morgan fingerprint density at radius 1 is 1.27 bits per heavy atom. The molecule has 0 fully saturated rings. The van der Waals surface area contributed by atoms with Crippen LogP contribution in [0.5, 0.6) is 5.75 Å². The van der Waals surface area contributed by atoms with Crippen molar-refractivity contribution in [3.05, 3.63) is 34.7 Å². The maximum atomic E-state index is 7.25. The van der Waals surface area contributed by atoms with Crippen LogP contribution in [-0.4, -0.2) is 7.11 Å². The number of hydrogen-bond acceptors (Lipinski definition) is 1. The molecule has 0 aromatic heterocycles. The normalized spacial score (nSPS) is 10.9. The summed E-state index contributed by atoms with van der Waals surface area (Å²) in [6.07, 6.45) is 0. The molecule has 0 bridgehead atoms. The van der Waals surface area contributed by atoms with E-state index in [9.17, 15) is 0 Å². The van der Waals surface area contributed by atoms with E-state index in [0.29, 0.717) is 0 Å². The van der Waals surface area contributed by atoms with Crippen molar-refractivity contribution in [2.75, 3.05) is 7.11 Å². The molecule has 1 aromatic rings. The molecule has 0 saturated heterocycles. The number of hydrogen-bond donors (Lipinski definition) is 0. The quantitative estimate of drug-likeness (QED) is 0.632. The lowest BCUT2D eigenvalue weighted by Crippen LogP contribution is -2.11. The molecule has 80 valence electrons. The summed E-state index contributed by atoms with van der Waals surface area (Å²) in [4.78, 5) is 3.62. The van der Waals surface area contributed by atoms with Crippen molar-refractivity contribution >= 4 is 5.69 Å². The topological polar surface area (TPSA) is 13.6 Å². The van der Waals surface area contributed by atoms with E-state index in [1.807, 2.05) is 19.1 Å². The van der Waals surface area contributed by atoms with Crippen LogP contribution in [-0.2, 0) is 5.41 Å². The predicted molar refractivity (Wildman–Crippen MR) is 62.7 cm³/mol. The van der Waals surface area contributed by atoms with Gasteiger partial charge in [0.15, 0.2) is 5.69 Å². The summed E-state index contributed by atoms with van der Waals surface area (Å²) in [5, 5.41) is 0. The summed E-state index contributed by atoms with van der Waals surface area (Å²) in [5.74, 6) is 0.786. The highest BCUT2D eigenvalue weighted by Gasteiger charge is 2.20. The minimum absolute atomic E-state index is 0.00306.